The maximum atomic E-state index is 9.23. The average molecular weight is 247 g/mol. The molecule has 1 aliphatic rings. The molecular weight excluding hydrogens is 222 g/mol. The van der Waals surface area contributed by atoms with Crippen LogP contribution in [-0.2, 0) is 6.42 Å². The van der Waals surface area contributed by atoms with Gasteiger partial charge in [0.25, 0.3) is 0 Å². The Bertz CT molecular complexity index is 341. The lowest BCUT2D eigenvalue weighted by Gasteiger charge is -2.17. The molecule has 2 nitrogen and oxygen atoms in total. The third-order valence-electron chi connectivity index (χ3n) is 4.03. The zero-order valence-electron chi connectivity index (χ0n) is 11.4. The van der Waals surface area contributed by atoms with Gasteiger partial charge in [0, 0.05) is 6.04 Å². The first-order valence-corrected chi connectivity index (χ1v) is 7.25. The van der Waals surface area contributed by atoms with Crippen LogP contribution in [0.5, 0.6) is 5.75 Å². The Morgan fingerprint density at radius 2 is 1.89 bits per heavy atom. The van der Waals surface area contributed by atoms with Gasteiger partial charge >= 0.3 is 0 Å². The molecule has 1 aliphatic carbocycles. The summed E-state index contributed by atoms with van der Waals surface area (Å²) in [6, 6.07) is 8.15. The number of phenolic OH excluding ortho intramolecular Hbond substituents is 1. The van der Waals surface area contributed by atoms with Crippen LogP contribution in [0.4, 0.5) is 0 Å². The average Bonchev–Trinajstić information content (AvgIpc) is 2.89. The maximum Gasteiger partial charge on any atom is 0.115 e. The summed E-state index contributed by atoms with van der Waals surface area (Å²) in [5, 5.41) is 12.9. The van der Waals surface area contributed by atoms with Gasteiger partial charge in [0.05, 0.1) is 0 Å². The van der Waals surface area contributed by atoms with Crippen LogP contribution in [0.2, 0.25) is 0 Å². The van der Waals surface area contributed by atoms with Crippen molar-refractivity contribution in [3.63, 3.8) is 0 Å². The van der Waals surface area contributed by atoms with Gasteiger partial charge in [0.1, 0.15) is 5.75 Å². The fourth-order valence-electron chi connectivity index (χ4n) is 2.73. The standard InChI is InChI=1S/C16H25NO/c1-13(17-12-15-4-2-3-5-15)6-7-14-8-10-16(18)11-9-14/h8-11,13,15,17-18H,2-7,12H2,1H3. The van der Waals surface area contributed by atoms with E-state index in [0.717, 1.165) is 18.8 Å². The summed E-state index contributed by atoms with van der Waals surface area (Å²) in [6.07, 6.45) is 7.93. The number of hydrogen-bond donors (Lipinski definition) is 2. The van der Waals surface area contributed by atoms with Crippen molar-refractivity contribution in [1.29, 1.82) is 0 Å². The molecule has 0 aliphatic heterocycles. The number of phenols is 1. The molecule has 100 valence electrons. The Hall–Kier alpha value is -1.02. The van der Waals surface area contributed by atoms with E-state index in [4.69, 9.17) is 0 Å². The van der Waals surface area contributed by atoms with E-state index in [1.165, 1.54) is 37.8 Å². The zero-order chi connectivity index (χ0) is 12.8. The molecule has 2 N–H and O–H groups in total. The van der Waals surface area contributed by atoms with Crippen LogP contribution in [0.25, 0.3) is 0 Å². The van der Waals surface area contributed by atoms with Gasteiger partial charge in [0.2, 0.25) is 0 Å². The molecule has 0 heterocycles. The Kier molecular flexibility index (Phi) is 5.06. The predicted octanol–water partition coefficient (Wildman–Crippen LogP) is 3.49. The first kappa shape index (κ1) is 13.4. The van der Waals surface area contributed by atoms with E-state index in [-0.39, 0.29) is 0 Å². The van der Waals surface area contributed by atoms with Crippen molar-refractivity contribution in [1.82, 2.24) is 5.32 Å². The van der Waals surface area contributed by atoms with E-state index >= 15 is 0 Å². The minimum atomic E-state index is 0.353. The highest BCUT2D eigenvalue weighted by molar-refractivity contribution is 5.25. The quantitative estimate of drug-likeness (QED) is 0.806. The lowest BCUT2D eigenvalue weighted by atomic mass is 10.0. The molecule has 1 fully saturated rings. The van der Waals surface area contributed by atoms with Crippen molar-refractivity contribution in [3.05, 3.63) is 29.8 Å². The highest BCUT2D eigenvalue weighted by atomic mass is 16.3. The van der Waals surface area contributed by atoms with Gasteiger partial charge in [0.15, 0.2) is 0 Å². The molecule has 1 unspecified atom stereocenters. The third-order valence-corrected chi connectivity index (χ3v) is 4.03. The topological polar surface area (TPSA) is 32.3 Å². The predicted molar refractivity (Wildman–Crippen MR) is 75.9 cm³/mol. The van der Waals surface area contributed by atoms with Crippen LogP contribution in [0.1, 0.15) is 44.6 Å². The zero-order valence-corrected chi connectivity index (χ0v) is 11.4. The van der Waals surface area contributed by atoms with Crippen LogP contribution < -0.4 is 5.32 Å². The number of hydrogen-bond acceptors (Lipinski definition) is 2. The number of aromatic hydroxyl groups is 1. The van der Waals surface area contributed by atoms with Gasteiger partial charge in [-0.05, 0) is 62.8 Å². The molecule has 0 saturated heterocycles. The van der Waals surface area contributed by atoms with Gasteiger partial charge in [-0.3, -0.25) is 0 Å². The summed E-state index contributed by atoms with van der Waals surface area (Å²) in [6.45, 7) is 3.46. The maximum absolute atomic E-state index is 9.23. The van der Waals surface area contributed by atoms with Crippen molar-refractivity contribution in [3.8, 4) is 5.75 Å². The molecule has 0 amide bonds. The third kappa shape index (κ3) is 4.34. The number of rotatable bonds is 6. The molecule has 2 rings (SSSR count). The van der Waals surface area contributed by atoms with E-state index in [0.29, 0.717) is 11.8 Å². The van der Waals surface area contributed by atoms with Crippen LogP contribution >= 0.6 is 0 Å². The Morgan fingerprint density at radius 1 is 1.22 bits per heavy atom. The Morgan fingerprint density at radius 3 is 2.56 bits per heavy atom. The first-order chi connectivity index (χ1) is 8.74. The first-order valence-electron chi connectivity index (χ1n) is 7.25. The van der Waals surface area contributed by atoms with Crippen molar-refractivity contribution in [2.75, 3.05) is 6.54 Å². The normalized spacial score (nSPS) is 18.1. The highest BCUT2D eigenvalue weighted by Gasteiger charge is 2.15. The number of benzene rings is 1. The summed E-state index contributed by atoms with van der Waals surface area (Å²) < 4.78 is 0. The van der Waals surface area contributed by atoms with Crippen LogP contribution in [-0.4, -0.2) is 17.7 Å². The molecule has 0 spiro atoms. The monoisotopic (exact) mass is 247 g/mol. The van der Waals surface area contributed by atoms with Crippen molar-refractivity contribution in [2.24, 2.45) is 5.92 Å². The Labute approximate surface area is 110 Å². The Balaban J connectivity index is 1.64. The van der Waals surface area contributed by atoms with E-state index in [2.05, 4.69) is 12.2 Å². The molecule has 1 aromatic rings. The second-order valence-electron chi connectivity index (χ2n) is 5.66. The van der Waals surface area contributed by atoms with Crippen molar-refractivity contribution >= 4 is 0 Å². The minimum absolute atomic E-state index is 0.353. The second kappa shape index (κ2) is 6.79. The molecule has 1 aromatic carbocycles. The highest BCUT2D eigenvalue weighted by Crippen LogP contribution is 2.23. The van der Waals surface area contributed by atoms with Gasteiger partial charge in [-0.2, -0.15) is 0 Å². The van der Waals surface area contributed by atoms with Crippen molar-refractivity contribution in [2.45, 2.75) is 51.5 Å². The van der Waals surface area contributed by atoms with E-state index in [1.54, 1.807) is 12.1 Å². The van der Waals surface area contributed by atoms with Crippen LogP contribution in [0.15, 0.2) is 24.3 Å². The van der Waals surface area contributed by atoms with Gasteiger partial charge < -0.3 is 10.4 Å². The largest absolute Gasteiger partial charge is 0.508 e. The molecule has 0 bridgehead atoms. The summed E-state index contributed by atoms with van der Waals surface area (Å²) >= 11 is 0. The van der Waals surface area contributed by atoms with Gasteiger partial charge in [-0.1, -0.05) is 25.0 Å². The smallest absolute Gasteiger partial charge is 0.115 e. The molecule has 0 radical (unpaired) electrons. The van der Waals surface area contributed by atoms with Gasteiger partial charge in [-0.25, -0.2) is 0 Å². The molecule has 0 aromatic heterocycles. The lowest BCUT2D eigenvalue weighted by molar-refractivity contribution is 0.431. The summed E-state index contributed by atoms with van der Waals surface area (Å²) in [7, 11) is 0. The second-order valence-corrected chi connectivity index (χ2v) is 5.66. The van der Waals surface area contributed by atoms with E-state index < -0.39 is 0 Å². The van der Waals surface area contributed by atoms with Gasteiger partial charge in [-0.15, -0.1) is 0 Å². The van der Waals surface area contributed by atoms with Crippen LogP contribution in [0.3, 0.4) is 0 Å². The van der Waals surface area contributed by atoms with Crippen molar-refractivity contribution < 1.29 is 5.11 Å². The molecule has 1 saturated carbocycles. The summed E-state index contributed by atoms with van der Waals surface area (Å²) in [5.74, 6) is 1.27. The summed E-state index contributed by atoms with van der Waals surface area (Å²) in [4.78, 5) is 0. The molecule has 18 heavy (non-hydrogen) atoms. The van der Waals surface area contributed by atoms with E-state index in [1.807, 2.05) is 12.1 Å². The molecule has 2 heteroatoms. The number of nitrogens with one attached hydrogen (secondary N) is 1. The lowest BCUT2D eigenvalue weighted by Crippen LogP contribution is -2.30. The minimum Gasteiger partial charge on any atom is -0.508 e. The van der Waals surface area contributed by atoms with Crippen LogP contribution in [0, 0.1) is 5.92 Å². The number of aryl methyl sites for hydroxylation is 1. The molecule has 1 atom stereocenters. The fraction of sp³-hybridized carbons (Fsp3) is 0.625. The SMILES string of the molecule is CC(CCc1ccc(O)cc1)NCC1CCCC1. The molecular formula is C16H25NO. The van der Waals surface area contributed by atoms with E-state index in [9.17, 15) is 5.11 Å². The summed E-state index contributed by atoms with van der Waals surface area (Å²) in [5.41, 5.74) is 1.31. The fourth-order valence-corrected chi connectivity index (χ4v) is 2.73.